The highest BCUT2D eigenvalue weighted by Gasteiger charge is 2.30. The number of carbonyl (C=O) groups excluding carboxylic acids is 1. The Bertz CT molecular complexity index is 1050. The van der Waals surface area contributed by atoms with Crippen molar-refractivity contribution >= 4 is 17.7 Å². The Kier molecular flexibility index (Phi) is 6.53. The van der Waals surface area contributed by atoms with Gasteiger partial charge in [0.1, 0.15) is 5.25 Å². The van der Waals surface area contributed by atoms with Gasteiger partial charge in [-0.05, 0) is 16.5 Å². The smallest absolute Gasteiger partial charge is 0.240 e. The van der Waals surface area contributed by atoms with E-state index in [2.05, 4.69) is 43.1 Å². The highest BCUT2D eigenvalue weighted by molar-refractivity contribution is 8.00. The minimum absolute atomic E-state index is 0.0311. The first-order valence-corrected chi connectivity index (χ1v) is 11.6. The second kappa shape index (κ2) is 9.34. The Morgan fingerprint density at radius 2 is 1.69 bits per heavy atom. The van der Waals surface area contributed by atoms with Crippen LogP contribution in [-0.4, -0.2) is 52.0 Å². The molecule has 1 aromatic heterocycles. The largest absolute Gasteiger partial charge is 0.378 e. The van der Waals surface area contributed by atoms with E-state index >= 15 is 0 Å². The van der Waals surface area contributed by atoms with Crippen molar-refractivity contribution in [2.75, 3.05) is 32.1 Å². The van der Waals surface area contributed by atoms with Gasteiger partial charge in [-0.25, -0.2) is 4.68 Å². The summed E-state index contributed by atoms with van der Waals surface area (Å²) in [5.41, 5.74) is 3.10. The second-order valence-corrected chi connectivity index (χ2v) is 9.92. The topological polar surface area (TPSA) is 86.3 Å². The lowest BCUT2D eigenvalue weighted by Crippen LogP contribution is -2.42. The molecule has 168 valence electrons. The van der Waals surface area contributed by atoms with E-state index in [1.54, 1.807) is 0 Å². The van der Waals surface area contributed by atoms with Gasteiger partial charge in [0.05, 0.1) is 13.2 Å². The average molecular weight is 452 g/mol. The zero-order valence-corrected chi connectivity index (χ0v) is 19.5. The van der Waals surface area contributed by atoms with Crippen LogP contribution in [0.4, 0.5) is 0 Å². The zero-order chi connectivity index (χ0) is 22.7. The zero-order valence-electron chi connectivity index (χ0n) is 18.7. The van der Waals surface area contributed by atoms with Gasteiger partial charge in [-0.1, -0.05) is 87.1 Å². The third-order valence-corrected chi connectivity index (χ3v) is 6.74. The van der Waals surface area contributed by atoms with Crippen molar-refractivity contribution in [3.8, 4) is 11.4 Å². The van der Waals surface area contributed by atoms with Crippen LogP contribution in [0.1, 0.15) is 37.1 Å². The SMILES string of the molecule is CC(C)(C)c1ccc(-c2nnc(S[C@@H](C(=O)N3CCOCC3)c3ccccc3)n2N)cc1. The molecule has 1 aliphatic heterocycles. The molecule has 0 radical (unpaired) electrons. The van der Waals surface area contributed by atoms with Gasteiger partial charge < -0.3 is 15.5 Å². The summed E-state index contributed by atoms with van der Waals surface area (Å²) in [6.45, 7) is 8.82. The Morgan fingerprint density at radius 3 is 2.31 bits per heavy atom. The third-order valence-electron chi connectivity index (χ3n) is 5.55. The van der Waals surface area contributed by atoms with Crippen LogP contribution in [0.15, 0.2) is 59.8 Å². The molecule has 1 amide bonds. The molecule has 0 bridgehead atoms. The van der Waals surface area contributed by atoms with E-state index < -0.39 is 5.25 Å². The van der Waals surface area contributed by atoms with Crippen molar-refractivity contribution < 1.29 is 9.53 Å². The van der Waals surface area contributed by atoms with E-state index in [1.807, 2.05) is 47.4 Å². The van der Waals surface area contributed by atoms with E-state index in [0.29, 0.717) is 37.3 Å². The van der Waals surface area contributed by atoms with Gasteiger partial charge in [0.15, 0.2) is 5.82 Å². The van der Waals surface area contributed by atoms with Crippen molar-refractivity contribution in [2.24, 2.45) is 0 Å². The summed E-state index contributed by atoms with van der Waals surface area (Å²) in [7, 11) is 0. The van der Waals surface area contributed by atoms with Crippen LogP contribution in [0.2, 0.25) is 0 Å². The lowest BCUT2D eigenvalue weighted by molar-refractivity contribution is -0.134. The van der Waals surface area contributed by atoms with Crippen LogP contribution in [-0.2, 0) is 14.9 Å². The Labute approximate surface area is 192 Å². The summed E-state index contributed by atoms with van der Waals surface area (Å²) in [6, 6.07) is 17.9. The Hall–Kier alpha value is -2.84. The molecular weight excluding hydrogens is 422 g/mol. The summed E-state index contributed by atoms with van der Waals surface area (Å²) in [4.78, 5) is 15.2. The predicted octanol–water partition coefficient (Wildman–Crippen LogP) is 3.65. The number of nitrogens with zero attached hydrogens (tertiary/aromatic N) is 4. The number of ether oxygens (including phenoxy) is 1. The van der Waals surface area contributed by atoms with Gasteiger partial charge in [-0.2, -0.15) is 0 Å². The molecule has 0 spiro atoms. The molecule has 1 saturated heterocycles. The maximum absolute atomic E-state index is 13.4. The van der Waals surface area contributed by atoms with Crippen LogP contribution < -0.4 is 5.84 Å². The van der Waals surface area contributed by atoms with Crippen molar-refractivity contribution in [1.29, 1.82) is 0 Å². The molecule has 32 heavy (non-hydrogen) atoms. The van der Waals surface area contributed by atoms with Gasteiger partial charge in [0.25, 0.3) is 0 Å². The van der Waals surface area contributed by atoms with Crippen molar-refractivity contribution in [1.82, 2.24) is 19.8 Å². The van der Waals surface area contributed by atoms with Crippen LogP contribution in [0, 0.1) is 0 Å². The van der Waals surface area contributed by atoms with Gasteiger partial charge in [-0.3, -0.25) is 4.79 Å². The average Bonchev–Trinajstić information content (AvgIpc) is 3.17. The Balaban J connectivity index is 1.60. The van der Waals surface area contributed by atoms with Crippen LogP contribution >= 0.6 is 11.8 Å². The normalized spacial score (nSPS) is 15.5. The minimum atomic E-state index is -0.461. The van der Waals surface area contributed by atoms with E-state index in [-0.39, 0.29) is 11.3 Å². The number of carbonyl (C=O) groups is 1. The van der Waals surface area contributed by atoms with Crippen LogP contribution in [0.5, 0.6) is 0 Å². The van der Waals surface area contributed by atoms with Crippen molar-refractivity contribution in [2.45, 2.75) is 36.6 Å². The lowest BCUT2D eigenvalue weighted by Gasteiger charge is -2.30. The van der Waals surface area contributed by atoms with E-state index in [9.17, 15) is 4.79 Å². The van der Waals surface area contributed by atoms with Gasteiger partial charge in [0, 0.05) is 18.7 Å². The molecule has 2 N–H and O–H groups in total. The maximum atomic E-state index is 13.4. The summed E-state index contributed by atoms with van der Waals surface area (Å²) >= 11 is 1.33. The molecule has 2 aromatic carbocycles. The highest BCUT2D eigenvalue weighted by atomic mass is 32.2. The monoisotopic (exact) mass is 451 g/mol. The number of benzene rings is 2. The number of amides is 1. The molecule has 2 heterocycles. The molecular formula is C24H29N5O2S. The number of morpholine rings is 1. The van der Waals surface area contributed by atoms with Crippen molar-refractivity contribution in [3.05, 3.63) is 65.7 Å². The number of hydrogen-bond donors (Lipinski definition) is 1. The molecule has 8 heteroatoms. The van der Waals surface area contributed by atoms with Gasteiger partial charge in [-0.15, -0.1) is 10.2 Å². The Morgan fingerprint density at radius 1 is 1.03 bits per heavy atom. The number of nitrogen functional groups attached to an aromatic ring is 1. The lowest BCUT2D eigenvalue weighted by atomic mass is 9.87. The fourth-order valence-corrected chi connectivity index (χ4v) is 4.66. The first-order valence-electron chi connectivity index (χ1n) is 10.7. The van der Waals surface area contributed by atoms with E-state index in [0.717, 1.165) is 11.1 Å². The molecule has 3 aromatic rings. The standard InChI is InChI=1S/C24H29N5O2S/c1-24(2,3)19-11-9-18(10-12-19)21-26-27-23(29(21)25)32-20(17-7-5-4-6-8-17)22(30)28-13-15-31-16-14-28/h4-12,20H,13-16,25H2,1-3H3/t20-/m1/s1. The summed E-state index contributed by atoms with van der Waals surface area (Å²) in [6.07, 6.45) is 0. The third kappa shape index (κ3) is 4.81. The molecule has 0 aliphatic carbocycles. The molecule has 7 nitrogen and oxygen atoms in total. The molecule has 1 atom stereocenters. The first kappa shape index (κ1) is 22.4. The second-order valence-electron chi connectivity index (χ2n) is 8.85. The first-order chi connectivity index (χ1) is 15.3. The molecule has 0 unspecified atom stereocenters. The molecule has 1 fully saturated rings. The van der Waals surface area contributed by atoms with Gasteiger partial charge >= 0.3 is 0 Å². The van der Waals surface area contributed by atoms with Crippen molar-refractivity contribution in [3.63, 3.8) is 0 Å². The van der Waals surface area contributed by atoms with Crippen LogP contribution in [0.25, 0.3) is 11.4 Å². The fourth-order valence-electron chi connectivity index (χ4n) is 3.62. The highest BCUT2D eigenvalue weighted by Crippen LogP contribution is 2.37. The maximum Gasteiger partial charge on any atom is 0.240 e. The molecule has 0 saturated carbocycles. The number of nitrogens with two attached hydrogens (primary N) is 1. The molecule has 4 rings (SSSR count). The summed E-state index contributed by atoms with van der Waals surface area (Å²) in [5, 5.41) is 8.66. The minimum Gasteiger partial charge on any atom is -0.378 e. The number of thioether (sulfide) groups is 1. The predicted molar refractivity (Wildman–Crippen MR) is 127 cm³/mol. The molecule has 1 aliphatic rings. The van der Waals surface area contributed by atoms with Gasteiger partial charge in [0.2, 0.25) is 11.1 Å². The van der Waals surface area contributed by atoms with E-state index in [1.165, 1.54) is 22.0 Å². The van der Waals surface area contributed by atoms with Crippen LogP contribution in [0.3, 0.4) is 0 Å². The quantitative estimate of drug-likeness (QED) is 0.471. The van der Waals surface area contributed by atoms with E-state index in [4.69, 9.17) is 10.6 Å². The number of hydrogen-bond acceptors (Lipinski definition) is 6. The summed E-state index contributed by atoms with van der Waals surface area (Å²) in [5.74, 6) is 6.99. The summed E-state index contributed by atoms with van der Waals surface area (Å²) < 4.78 is 6.88. The number of rotatable bonds is 5. The number of aromatic nitrogens is 3. The fraction of sp³-hybridized carbons (Fsp3) is 0.375.